The van der Waals surface area contributed by atoms with Crippen molar-refractivity contribution in [3.8, 4) is 0 Å². The molecule has 0 spiro atoms. The van der Waals surface area contributed by atoms with Crippen molar-refractivity contribution in [1.82, 2.24) is 9.99 Å². The molecular formula is C12H11F2N3O2. The number of benzene rings is 1. The molecule has 0 unspecified atom stereocenters. The summed E-state index contributed by atoms with van der Waals surface area (Å²) in [6.07, 6.45) is 0. The average Bonchev–Trinajstić information content (AvgIpc) is 2.34. The van der Waals surface area contributed by atoms with Crippen LogP contribution in [-0.2, 0) is 11.3 Å². The van der Waals surface area contributed by atoms with E-state index in [0.717, 1.165) is 6.07 Å². The van der Waals surface area contributed by atoms with Gasteiger partial charge >= 0.3 is 0 Å². The first-order valence-electron chi connectivity index (χ1n) is 5.42. The van der Waals surface area contributed by atoms with Gasteiger partial charge in [0.25, 0.3) is 5.91 Å². The highest BCUT2D eigenvalue weighted by Gasteiger charge is 2.14. The van der Waals surface area contributed by atoms with Gasteiger partial charge in [0, 0.05) is 17.8 Å². The zero-order valence-electron chi connectivity index (χ0n) is 10.0. The molecule has 0 fully saturated rings. The number of aromatic nitrogens is 1. The topological polar surface area (TPSA) is 77.1 Å². The Morgan fingerprint density at radius 3 is 2.68 bits per heavy atom. The highest BCUT2D eigenvalue weighted by molar-refractivity contribution is 5.83. The molecule has 0 saturated heterocycles. The molecule has 3 N–H and O–H groups in total. The molecule has 1 aromatic carbocycles. The van der Waals surface area contributed by atoms with Gasteiger partial charge < -0.3 is 4.57 Å². The number of hydrazine groups is 1. The Bertz CT molecular complexity index is 725. The van der Waals surface area contributed by atoms with Crippen LogP contribution in [0.3, 0.4) is 0 Å². The second-order valence-corrected chi connectivity index (χ2v) is 4.09. The van der Waals surface area contributed by atoms with Crippen LogP contribution >= 0.6 is 0 Å². The standard InChI is InChI=1S/C12H11F2N3O2/c1-6-2-10(18)8-3-7(13)4-9(14)12(8)17(6)5-11(19)16-15/h2-4H,5,15H2,1H3,(H,16,19). The summed E-state index contributed by atoms with van der Waals surface area (Å²) in [6.45, 7) is 1.29. The molecule has 0 bridgehead atoms. The van der Waals surface area contributed by atoms with Gasteiger partial charge in [-0.05, 0) is 13.0 Å². The number of hydrogen-bond donors (Lipinski definition) is 2. The summed E-state index contributed by atoms with van der Waals surface area (Å²) in [5.74, 6) is 2.67. The van der Waals surface area contributed by atoms with Crippen LogP contribution < -0.4 is 16.7 Å². The number of fused-ring (bicyclic) bond motifs is 1. The second kappa shape index (κ2) is 4.77. The monoisotopic (exact) mass is 267 g/mol. The van der Waals surface area contributed by atoms with E-state index in [0.29, 0.717) is 11.8 Å². The Kier molecular flexibility index (Phi) is 3.30. The predicted molar refractivity (Wildman–Crippen MR) is 65.2 cm³/mol. The molecule has 0 aliphatic rings. The average molecular weight is 267 g/mol. The van der Waals surface area contributed by atoms with Crippen molar-refractivity contribution >= 4 is 16.8 Å². The zero-order valence-corrected chi connectivity index (χ0v) is 10.0. The maximum Gasteiger partial charge on any atom is 0.253 e. The van der Waals surface area contributed by atoms with E-state index in [1.807, 2.05) is 5.43 Å². The van der Waals surface area contributed by atoms with E-state index in [2.05, 4.69) is 0 Å². The molecule has 0 saturated carbocycles. The predicted octanol–water partition coefficient (Wildman–Crippen LogP) is 0.578. The lowest BCUT2D eigenvalue weighted by Crippen LogP contribution is -2.34. The normalized spacial score (nSPS) is 10.7. The van der Waals surface area contributed by atoms with Gasteiger partial charge in [-0.15, -0.1) is 0 Å². The molecule has 0 atom stereocenters. The highest BCUT2D eigenvalue weighted by atomic mass is 19.1. The maximum atomic E-state index is 13.9. The Morgan fingerprint density at radius 1 is 1.37 bits per heavy atom. The number of carbonyl (C=O) groups excluding carboxylic acids is 1. The summed E-state index contributed by atoms with van der Waals surface area (Å²) < 4.78 is 28.3. The van der Waals surface area contributed by atoms with E-state index in [-0.39, 0.29) is 17.4 Å². The fourth-order valence-corrected chi connectivity index (χ4v) is 1.94. The number of rotatable bonds is 2. The van der Waals surface area contributed by atoms with Crippen molar-refractivity contribution in [3.63, 3.8) is 0 Å². The number of halogens is 2. The molecule has 100 valence electrons. The number of pyridine rings is 1. The Morgan fingerprint density at radius 2 is 2.05 bits per heavy atom. The van der Waals surface area contributed by atoms with Gasteiger partial charge in [-0.1, -0.05) is 0 Å². The molecule has 2 rings (SSSR count). The lowest BCUT2D eigenvalue weighted by atomic mass is 10.1. The molecule has 19 heavy (non-hydrogen) atoms. The number of nitrogens with zero attached hydrogens (tertiary/aromatic N) is 1. The molecule has 2 aromatic rings. The molecule has 0 aliphatic carbocycles. The van der Waals surface area contributed by atoms with Gasteiger partial charge in [0.2, 0.25) is 0 Å². The minimum Gasteiger partial charge on any atom is -0.333 e. The van der Waals surface area contributed by atoms with Gasteiger partial charge in [-0.2, -0.15) is 0 Å². The molecular weight excluding hydrogens is 256 g/mol. The highest BCUT2D eigenvalue weighted by Crippen LogP contribution is 2.18. The summed E-state index contributed by atoms with van der Waals surface area (Å²) in [5, 5.41) is -0.118. The third kappa shape index (κ3) is 2.32. The Balaban J connectivity index is 2.83. The van der Waals surface area contributed by atoms with Crippen LogP contribution in [-0.4, -0.2) is 10.5 Å². The Labute approximate surface area is 106 Å². The molecule has 1 aromatic heterocycles. The van der Waals surface area contributed by atoms with Crippen LogP contribution in [0.25, 0.3) is 10.9 Å². The minimum absolute atomic E-state index is 0.116. The van der Waals surface area contributed by atoms with Crippen LogP contribution in [0.15, 0.2) is 23.0 Å². The van der Waals surface area contributed by atoms with Gasteiger partial charge in [-0.25, -0.2) is 14.6 Å². The lowest BCUT2D eigenvalue weighted by Gasteiger charge is -2.14. The Hall–Kier alpha value is -2.28. The molecule has 0 radical (unpaired) electrons. The van der Waals surface area contributed by atoms with Crippen molar-refractivity contribution in [2.75, 3.05) is 0 Å². The lowest BCUT2D eigenvalue weighted by molar-refractivity contribution is -0.121. The summed E-state index contributed by atoms with van der Waals surface area (Å²) in [5.41, 5.74) is 1.68. The SMILES string of the molecule is Cc1cc(=O)c2cc(F)cc(F)c2n1CC(=O)NN. The number of hydrogen-bond acceptors (Lipinski definition) is 3. The van der Waals surface area contributed by atoms with Gasteiger partial charge in [0.05, 0.1) is 10.9 Å². The number of aryl methyl sites for hydroxylation is 1. The smallest absolute Gasteiger partial charge is 0.253 e. The third-order valence-electron chi connectivity index (χ3n) is 2.79. The third-order valence-corrected chi connectivity index (χ3v) is 2.79. The van der Waals surface area contributed by atoms with Crippen molar-refractivity contribution in [1.29, 1.82) is 0 Å². The van der Waals surface area contributed by atoms with E-state index >= 15 is 0 Å². The van der Waals surface area contributed by atoms with Crippen LogP contribution in [0, 0.1) is 18.6 Å². The largest absolute Gasteiger partial charge is 0.333 e. The van der Waals surface area contributed by atoms with Crippen LogP contribution in [0.5, 0.6) is 0 Å². The molecule has 1 heterocycles. The van der Waals surface area contributed by atoms with Crippen LogP contribution in [0.4, 0.5) is 8.78 Å². The van der Waals surface area contributed by atoms with Crippen molar-refractivity contribution in [2.45, 2.75) is 13.5 Å². The molecule has 5 nitrogen and oxygen atoms in total. The first-order chi connectivity index (χ1) is 8.93. The first-order valence-corrected chi connectivity index (χ1v) is 5.42. The molecule has 7 heteroatoms. The van der Waals surface area contributed by atoms with Gasteiger partial charge in [0.1, 0.15) is 12.4 Å². The van der Waals surface area contributed by atoms with E-state index < -0.39 is 23.0 Å². The van der Waals surface area contributed by atoms with E-state index in [1.165, 1.54) is 10.6 Å². The fourth-order valence-electron chi connectivity index (χ4n) is 1.94. The van der Waals surface area contributed by atoms with Crippen molar-refractivity contribution < 1.29 is 13.6 Å². The van der Waals surface area contributed by atoms with Crippen LogP contribution in [0.2, 0.25) is 0 Å². The summed E-state index contributed by atoms with van der Waals surface area (Å²) >= 11 is 0. The van der Waals surface area contributed by atoms with Crippen LogP contribution in [0.1, 0.15) is 5.69 Å². The maximum absolute atomic E-state index is 13.9. The molecule has 0 aliphatic heterocycles. The van der Waals surface area contributed by atoms with E-state index in [9.17, 15) is 18.4 Å². The van der Waals surface area contributed by atoms with E-state index in [4.69, 9.17) is 5.84 Å². The van der Waals surface area contributed by atoms with Gasteiger partial charge in [-0.3, -0.25) is 15.0 Å². The van der Waals surface area contributed by atoms with Crippen molar-refractivity contribution in [3.05, 3.63) is 45.8 Å². The first kappa shape index (κ1) is 13.2. The van der Waals surface area contributed by atoms with Gasteiger partial charge in [0.15, 0.2) is 11.2 Å². The zero-order chi connectivity index (χ0) is 14.2. The van der Waals surface area contributed by atoms with Crippen molar-refractivity contribution in [2.24, 2.45) is 5.84 Å². The molecule has 1 amide bonds. The summed E-state index contributed by atoms with van der Waals surface area (Å²) in [6, 6.07) is 2.82. The second-order valence-electron chi connectivity index (χ2n) is 4.09. The summed E-state index contributed by atoms with van der Waals surface area (Å²) in [4.78, 5) is 23.0. The number of amides is 1. The minimum atomic E-state index is -0.902. The number of carbonyl (C=O) groups is 1. The quantitative estimate of drug-likeness (QED) is 0.474. The number of nitrogens with one attached hydrogen (secondary N) is 1. The number of nitrogens with two attached hydrogens (primary N) is 1. The van der Waals surface area contributed by atoms with E-state index in [1.54, 1.807) is 6.92 Å². The summed E-state index contributed by atoms with van der Waals surface area (Å²) in [7, 11) is 0. The fraction of sp³-hybridized carbons (Fsp3) is 0.167.